The first kappa shape index (κ1) is 13.0. The molecule has 3 nitrogen and oxygen atoms in total. The van der Waals surface area contributed by atoms with Crippen molar-refractivity contribution in [3.8, 4) is 0 Å². The van der Waals surface area contributed by atoms with E-state index in [0.717, 1.165) is 9.35 Å². The molecule has 0 spiro atoms. The summed E-state index contributed by atoms with van der Waals surface area (Å²) in [6.45, 7) is 0. The average Bonchev–Trinajstić information content (AvgIpc) is 2.72. The minimum Gasteiger partial charge on any atom is -0.369 e. The molecule has 1 unspecified atom stereocenters. The number of hydrogen-bond donors (Lipinski definition) is 2. The normalized spacial score (nSPS) is 12.1. The van der Waals surface area contributed by atoms with Crippen LogP contribution in [-0.4, -0.2) is 5.91 Å². The molecular formula is C12H10BrFN2OS. The number of rotatable bonds is 4. The van der Waals surface area contributed by atoms with Gasteiger partial charge in [0.2, 0.25) is 5.91 Å². The largest absolute Gasteiger partial charge is 0.369 e. The van der Waals surface area contributed by atoms with Crippen molar-refractivity contribution >= 4 is 38.9 Å². The maximum absolute atomic E-state index is 13.1. The molecule has 3 N–H and O–H groups in total. The summed E-state index contributed by atoms with van der Waals surface area (Å²) < 4.78 is 13.9. The second-order valence-corrected chi connectivity index (χ2v) is 5.42. The van der Waals surface area contributed by atoms with Crippen molar-refractivity contribution in [3.05, 3.63) is 50.9 Å². The second kappa shape index (κ2) is 5.49. The number of benzene rings is 1. The van der Waals surface area contributed by atoms with Gasteiger partial charge in [0.15, 0.2) is 0 Å². The topological polar surface area (TPSA) is 55.1 Å². The van der Waals surface area contributed by atoms with Crippen molar-refractivity contribution in [1.82, 2.24) is 0 Å². The molecule has 1 aromatic carbocycles. The lowest BCUT2D eigenvalue weighted by Gasteiger charge is -2.16. The first-order valence-electron chi connectivity index (χ1n) is 5.12. The van der Waals surface area contributed by atoms with Gasteiger partial charge in [-0.1, -0.05) is 6.07 Å². The van der Waals surface area contributed by atoms with Gasteiger partial charge in [0.05, 0.1) is 4.88 Å². The van der Waals surface area contributed by atoms with Crippen LogP contribution in [0.25, 0.3) is 0 Å². The minimum atomic E-state index is -0.679. The fraction of sp³-hybridized carbons (Fsp3) is 0.0833. The third kappa shape index (κ3) is 2.88. The van der Waals surface area contributed by atoms with E-state index in [1.165, 1.54) is 23.5 Å². The van der Waals surface area contributed by atoms with Crippen LogP contribution in [0.5, 0.6) is 0 Å². The summed E-state index contributed by atoms with van der Waals surface area (Å²) in [5.74, 6) is -0.879. The number of amides is 1. The van der Waals surface area contributed by atoms with Crippen LogP contribution in [0.2, 0.25) is 0 Å². The van der Waals surface area contributed by atoms with E-state index in [0.29, 0.717) is 5.69 Å². The van der Waals surface area contributed by atoms with E-state index in [2.05, 4.69) is 21.2 Å². The summed E-state index contributed by atoms with van der Waals surface area (Å²) in [5.41, 5.74) is 5.89. The summed E-state index contributed by atoms with van der Waals surface area (Å²) in [6.07, 6.45) is 0. The quantitative estimate of drug-likeness (QED) is 0.904. The Labute approximate surface area is 116 Å². The number of primary amides is 1. The maximum atomic E-state index is 13.1. The zero-order valence-corrected chi connectivity index (χ0v) is 11.6. The Balaban J connectivity index is 2.28. The van der Waals surface area contributed by atoms with E-state index in [4.69, 9.17) is 5.73 Å². The van der Waals surface area contributed by atoms with E-state index in [1.54, 1.807) is 12.1 Å². The molecule has 0 aliphatic heterocycles. The zero-order chi connectivity index (χ0) is 13.1. The SMILES string of the molecule is NC(=O)C(Nc1cccc(F)c1)c1sccc1Br. The van der Waals surface area contributed by atoms with Crippen molar-refractivity contribution in [2.24, 2.45) is 5.73 Å². The molecule has 1 amide bonds. The van der Waals surface area contributed by atoms with Gasteiger partial charge in [0.25, 0.3) is 0 Å². The highest BCUT2D eigenvalue weighted by Gasteiger charge is 2.21. The molecule has 0 radical (unpaired) electrons. The second-order valence-electron chi connectivity index (χ2n) is 3.62. The van der Waals surface area contributed by atoms with Crippen LogP contribution in [0.1, 0.15) is 10.9 Å². The lowest BCUT2D eigenvalue weighted by Crippen LogP contribution is -2.27. The van der Waals surface area contributed by atoms with Gasteiger partial charge in [-0.2, -0.15) is 0 Å². The van der Waals surface area contributed by atoms with E-state index >= 15 is 0 Å². The van der Waals surface area contributed by atoms with Gasteiger partial charge in [-0.3, -0.25) is 4.79 Å². The average molecular weight is 329 g/mol. The lowest BCUT2D eigenvalue weighted by atomic mass is 10.2. The van der Waals surface area contributed by atoms with E-state index in [9.17, 15) is 9.18 Å². The molecule has 0 fully saturated rings. The molecule has 0 bridgehead atoms. The Morgan fingerprint density at radius 3 is 2.78 bits per heavy atom. The van der Waals surface area contributed by atoms with Crippen LogP contribution >= 0.6 is 27.3 Å². The van der Waals surface area contributed by atoms with Crippen molar-refractivity contribution in [3.63, 3.8) is 0 Å². The number of nitrogens with two attached hydrogens (primary N) is 1. The standard InChI is InChI=1S/C12H10BrFN2OS/c13-9-4-5-18-11(9)10(12(15)17)16-8-3-1-2-7(14)6-8/h1-6,10,16H,(H2,15,17). The van der Waals surface area contributed by atoms with Crippen molar-refractivity contribution < 1.29 is 9.18 Å². The Morgan fingerprint density at radius 2 is 2.22 bits per heavy atom. The molecule has 0 saturated heterocycles. The van der Waals surface area contributed by atoms with Gasteiger partial charge in [-0.25, -0.2) is 4.39 Å². The predicted molar refractivity (Wildman–Crippen MR) is 74.0 cm³/mol. The molecule has 0 aliphatic rings. The van der Waals surface area contributed by atoms with Crippen LogP contribution < -0.4 is 11.1 Å². The number of nitrogens with one attached hydrogen (secondary N) is 1. The van der Waals surface area contributed by atoms with E-state index in [-0.39, 0.29) is 5.82 Å². The highest BCUT2D eigenvalue weighted by atomic mass is 79.9. The zero-order valence-electron chi connectivity index (χ0n) is 9.19. The van der Waals surface area contributed by atoms with Gasteiger partial charge in [0, 0.05) is 10.2 Å². The molecule has 1 heterocycles. The molecule has 0 aliphatic carbocycles. The molecule has 2 aromatic rings. The fourth-order valence-corrected chi connectivity index (χ4v) is 3.18. The van der Waals surface area contributed by atoms with Crippen LogP contribution in [0.15, 0.2) is 40.2 Å². The molecule has 0 saturated carbocycles. The lowest BCUT2D eigenvalue weighted by molar-refractivity contribution is -0.118. The Hall–Kier alpha value is -1.40. The summed E-state index contributed by atoms with van der Waals surface area (Å²) in [4.78, 5) is 12.3. The van der Waals surface area contributed by atoms with Crippen molar-refractivity contribution in [2.75, 3.05) is 5.32 Å². The number of carbonyl (C=O) groups excluding carboxylic acids is 1. The molecule has 18 heavy (non-hydrogen) atoms. The van der Waals surface area contributed by atoms with Crippen molar-refractivity contribution in [1.29, 1.82) is 0 Å². The van der Waals surface area contributed by atoms with Crippen LogP contribution in [0.4, 0.5) is 10.1 Å². The Bertz CT molecular complexity index is 573. The summed E-state index contributed by atoms with van der Waals surface area (Å²) in [5, 5.41) is 4.78. The minimum absolute atomic E-state index is 0.367. The third-order valence-electron chi connectivity index (χ3n) is 2.33. The van der Waals surface area contributed by atoms with Gasteiger partial charge in [-0.05, 0) is 45.6 Å². The monoisotopic (exact) mass is 328 g/mol. The van der Waals surface area contributed by atoms with Crippen LogP contribution in [0.3, 0.4) is 0 Å². The molecular weight excluding hydrogens is 319 g/mol. The Morgan fingerprint density at radius 1 is 1.44 bits per heavy atom. The summed E-state index contributed by atoms with van der Waals surface area (Å²) in [7, 11) is 0. The van der Waals surface area contributed by atoms with Gasteiger partial charge in [-0.15, -0.1) is 11.3 Å². The predicted octanol–water partition coefficient (Wildman–Crippen LogP) is 3.29. The first-order valence-corrected chi connectivity index (χ1v) is 6.79. The van der Waals surface area contributed by atoms with E-state index < -0.39 is 11.9 Å². The third-order valence-corrected chi connectivity index (χ3v) is 4.26. The van der Waals surface area contributed by atoms with Gasteiger partial charge < -0.3 is 11.1 Å². The number of halogens is 2. The Kier molecular flexibility index (Phi) is 3.98. The van der Waals surface area contributed by atoms with Crippen LogP contribution in [-0.2, 0) is 4.79 Å². The maximum Gasteiger partial charge on any atom is 0.245 e. The molecule has 1 atom stereocenters. The molecule has 94 valence electrons. The number of hydrogen-bond acceptors (Lipinski definition) is 3. The van der Waals surface area contributed by atoms with Gasteiger partial charge >= 0.3 is 0 Å². The highest BCUT2D eigenvalue weighted by Crippen LogP contribution is 2.31. The van der Waals surface area contributed by atoms with Crippen molar-refractivity contribution in [2.45, 2.75) is 6.04 Å². The summed E-state index contributed by atoms with van der Waals surface area (Å²) >= 11 is 4.76. The molecule has 6 heteroatoms. The number of anilines is 1. The van der Waals surface area contributed by atoms with Crippen LogP contribution in [0, 0.1) is 5.82 Å². The highest BCUT2D eigenvalue weighted by molar-refractivity contribution is 9.10. The number of carbonyl (C=O) groups is 1. The fourth-order valence-electron chi connectivity index (χ4n) is 1.52. The first-order chi connectivity index (χ1) is 8.58. The number of thiophene rings is 1. The van der Waals surface area contributed by atoms with Gasteiger partial charge in [0.1, 0.15) is 11.9 Å². The summed E-state index contributed by atoms with van der Waals surface area (Å²) in [6, 6.07) is 7.06. The molecule has 2 rings (SSSR count). The smallest absolute Gasteiger partial charge is 0.245 e. The van der Waals surface area contributed by atoms with E-state index in [1.807, 2.05) is 11.4 Å². The molecule has 1 aromatic heterocycles.